The Morgan fingerprint density at radius 3 is 1.95 bits per heavy atom. The number of nitrogens with zero attached hydrogens (tertiary/aromatic N) is 1. The number of hydrogen-bond donors (Lipinski definition) is 1. The zero-order valence-electron chi connectivity index (χ0n) is 16.4. The summed E-state index contributed by atoms with van der Waals surface area (Å²) >= 11 is 0. The number of hydrogen-bond acceptors (Lipinski definition) is 1. The van der Waals surface area contributed by atoms with E-state index in [4.69, 9.17) is 4.98 Å². The van der Waals surface area contributed by atoms with E-state index < -0.39 is 0 Å². The zero-order valence-corrected chi connectivity index (χ0v) is 16.4. The summed E-state index contributed by atoms with van der Waals surface area (Å²) in [6.45, 7) is 20.8. The van der Waals surface area contributed by atoms with Gasteiger partial charge in [-0.25, -0.2) is 4.98 Å². The Labute approximate surface area is 138 Å². The summed E-state index contributed by atoms with van der Waals surface area (Å²) < 4.78 is 0. The zero-order chi connectivity index (χ0) is 17.1. The number of nitrogens with one attached hydrogen (secondary N) is 1. The molecule has 22 heavy (non-hydrogen) atoms. The fourth-order valence-corrected chi connectivity index (χ4v) is 3.18. The number of rotatable bonds is 8. The highest BCUT2D eigenvalue weighted by atomic mass is 15.0. The molecule has 0 aliphatic carbocycles. The van der Waals surface area contributed by atoms with Gasteiger partial charge in [0.25, 0.3) is 0 Å². The van der Waals surface area contributed by atoms with Gasteiger partial charge in [-0.05, 0) is 25.2 Å². The molecular weight excluding hydrogens is 268 g/mol. The molecule has 1 N–H and O–H groups in total. The second-order valence-electron chi connectivity index (χ2n) is 8.28. The van der Waals surface area contributed by atoms with Crippen LogP contribution in [0.2, 0.25) is 0 Å². The van der Waals surface area contributed by atoms with Crippen molar-refractivity contribution >= 4 is 0 Å². The van der Waals surface area contributed by atoms with Gasteiger partial charge in [0, 0.05) is 22.4 Å². The molecule has 0 aliphatic rings. The maximum absolute atomic E-state index is 5.16. The van der Waals surface area contributed by atoms with Crippen LogP contribution in [0.4, 0.5) is 0 Å². The second kappa shape index (κ2) is 7.19. The average molecular weight is 307 g/mol. The molecule has 1 aromatic heterocycles. The molecule has 128 valence electrons. The van der Waals surface area contributed by atoms with Crippen molar-refractivity contribution < 1.29 is 0 Å². The van der Waals surface area contributed by atoms with E-state index in [9.17, 15) is 0 Å². The summed E-state index contributed by atoms with van der Waals surface area (Å²) in [5.74, 6) is 2.34. The Bertz CT molecular complexity index is 464. The van der Waals surface area contributed by atoms with Crippen molar-refractivity contribution in [3.05, 3.63) is 17.2 Å². The molecule has 1 rings (SSSR count). The highest BCUT2D eigenvalue weighted by molar-refractivity contribution is 5.28. The van der Waals surface area contributed by atoms with Gasteiger partial charge in [0.05, 0.1) is 5.69 Å². The molecule has 0 spiro atoms. The number of H-pyrrole nitrogens is 1. The van der Waals surface area contributed by atoms with Gasteiger partial charge in [0.2, 0.25) is 0 Å². The SMILES string of the molecule is CCCC(C)(C)c1nc(C(C)(CC)CC)[nH]c1C(C)C(C)C. The van der Waals surface area contributed by atoms with Crippen molar-refractivity contribution in [2.75, 3.05) is 0 Å². The Hall–Kier alpha value is -0.790. The van der Waals surface area contributed by atoms with Gasteiger partial charge in [-0.15, -0.1) is 0 Å². The van der Waals surface area contributed by atoms with Gasteiger partial charge >= 0.3 is 0 Å². The van der Waals surface area contributed by atoms with Gasteiger partial charge in [0.1, 0.15) is 5.82 Å². The number of aromatic amines is 1. The van der Waals surface area contributed by atoms with Crippen LogP contribution in [0.15, 0.2) is 0 Å². The molecule has 0 fully saturated rings. The van der Waals surface area contributed by atoms with Crippen LogP contribution in [0.1, 0.15) is 111 Å². The molecule has 1 aromatic rings. The Morgan fingerprint density at radius 2 is 1.55 bits per heavy atom. The van der Waals surface area contributed by atoms with Gasteiger partial charge < -0.3 is 4.98 Å². The van der Waals surface area contributed by atoms with E-state index >= 15 is 0 Å². The van der Waals surface area contributed by atoms with Crippen LogP contribution in [-0.2, 0) is 10.8 Å². The van der Waals surface area contributed by atoms with E-state index in [1.54, 1.807) is 0 Å². The van der Waals surface area contributed by atoms with Crippen LogP contribution in [0.3, 0.4) is 0 Å². The van der Waals surface area contributed by atoms with Crippen molar-refractivity contribution in [3.8, 4) is 0 Å². The van der Waals surface area contributed by atoms with E-state index in [1.165, 1.54) is 30.1 Å². The van der Waals surface area contributed by atoms with Crippen LogP contribution in [0.5, 0.6) is 0 Å². The lowest BCUT2D eigenvalue weighted by atomic mass is 9.80. The summed E-state index contributed by atoms with van der Waals surface area (Å²) in [7, 11) is 0. The quantitative estimate of drug-likeness (QED) is 0.597. The Morgan fingerprint density at radius 1 is 1.00 bits per heavy atom. The maximum Gasteiger partial charge on any atom is 0.112 e. The minimum Gasteiger partial charge on any atom is -0.345 e. The summed E-state index contributed by atoms with van der Waals surface area (Å²) in [6.07, 6.45) is 4.63. The van der Waals surface area contributed by atoms with Gasteiger partial charge in [-0.1, -0.05) is 68.7 Å². The molecular formula is C20H38N2. The molecule has 0 saturated carbocycles. The fourth-order valence-electron chi connectivity index (χ4n) is 3.18. The number of imidazole rings is 1. The molecule has 0 bridgehead atoms. The van der Waals surface area contributed by atoms with Crippen LogP contribution in [-0.4, -0.2) is 9.97 Å². The minimum atomic E-state index is 0.143. The van der Waals surface area contributed by atoms with E-state index in [-0.39, 0.29) is 10.8 Å². The number of aromatic nitrogens is 2. The van der Waals surface area contributed by atoms with Crippen LogP contribution >= 0.6 is 0 Å². The Balaban J connectivity index is 3.44. The molecule has 0 radical (unpaired) electrons. The Kier molecular flexibility index (Phi) is 6.29. The van der Waals surface area contributed by atoms with Crippen LogP contribution in [0.25, 0.3) is 0 Å². The fraction of sp³-hybridized carbons (Fsp3) is 0.850. The van der Waals surface area contributed by atoms with Gasteiger partial charge in [0.15, 0.2) is 0 Å². The third-order valence-corrected chi connectivity index (χ3v) is 5.84. The van der Waals surface area contributed by atoms with Gasteiger partial charge in [-0.3, -0.25) is 0 Å². The van der Waals surface area contributed by atoms with E-state index in [0.29, 0.717) is 11.8 Å². The third-order valence-electron chi connectivity index (χ3n) is 5.84. The molecule has 2 nitrogen and oxygen atoms in total. The van der Waals surface area contributed by atoms with Crippen molar-refractivity contribution in [2.45, 2.75) is 105 Å². The van der Waals surface area contributed by atoms with Crippen molar-refractivity contribution in [2.24, 2.45) is 5.92 Å². The smallest absolute Gasteiger partial charge is 0.112 e. The first-order chi connectivity index (χ1) is 10.1. The van der Waals surface area contributed by atoms with Crippen molar-refractivity contribution in [1.82, 2.24) is 9.97 Å². The lowest BCUT2D eigenvalue weighted by Crippen LogP contribution is -2.23. The predicted octanol–water partition coefficient (Wildman–Crippen LogP) is 6.32. The van der Waals surface area contributed by atoms with E-state index in [1.807, 2.05) is 0 Å². The molecule has 0 aliphatic heterocycles. The van der Waals surface area contributed by atoms with Crippen LogP contribution < -0.4 is 0 Å². The topological polar surface area (TPSA) is 28.7 Å². The summed E-state index contributed by atoms with van der Waals surface area (Å²) in [6, 6.07) is 0. The summed E-state index contributed by atoms with van der Waals surface area (Å²) in [5, 5.41) is 0. The van der Waals surface area contributed by atoms with Gasteiger partial charge in [-0.2, -0.15) is 0 Å². The first-order valence-corrected chi connectivity index (χ1v) is 9.23. The second-order valence-corrected chi connectivity index (χ2v) is 8.28. The third kappa shape index (κ3) is 3.75. The van der Waals surface area contributed by atoms with E-state index in [0.717, 1.165) is 12.8 Å². The molecule has 0 aromatic carbocycles. The van der Waals surface area contributed by atoms with E-state index in [2.05, 4.69) is 67.3 Å². The van der Waals surface area contributed by atoms with Crippen molar-refractivity contribution in [1.29, 1.82) is 0 Å². The largest absolute Gasteiger partial charge is 0.345 e. The molecule has 0 amide bonds. The molecule has 2 heteroatoms. The normalized spacial score (nSPS) is 14.6. The highest BCUT2D eigenvalue weighted by Gasteiger charge is 2.34. The molecule has 1 unspecified atom stereocenters. The van der Waals surface area contributed by atoms with Crippen LogP contribution in [0, 0.1) is 5.92 Å². The summed E-state index contributed by atoms with van der Waals surface area (Å²) in [5.41, 5.74) is 2.98. The minimum absolute atomic E-state index is 0.143. The molecule has 1 atom stereocenters. The average Bonchev–Trinajstić information content (AvgIpc) is 2.91. The maximum atomic E-state index is 5.16. The first kappa shape index (κ1) is 19.3. The predicted molar refractivity (Wildman–Crippen MR) is 97.7 cm³/mol. The monoisotopic (exact) mass is 306 g/mol. The lowest BCUT2D eigenvalue weighted by Gasteiger charge is -2.26. The standard InChI is InChI=1S/C20H38N2/c1-10-13-19(7,8)17-16(15(6)14(4)5)21-18(22-17)20(9,11-2)12-3/h14-15H,10-13H2,1-9H3,(H,21,22). The lowest BCUT2D eigenvalue weighted by molar-refractivity contribution is 0.409. The van der Waals surface area contributed by atoms with Crippen molar-refractivity contribution in [3.63, 3.8) is 0 Å². The first-order valence-electron chi connectivity index (χ1n) is 9.23. The summed E-state index contributed by atoms with van der Waals surface area (Å²) in [4.78, 5) is 8.92. The molecule has 0 saturated heterocycles. The highest BCUT2D eigenvalue weighted by Crippen LogP contribution is 2.38. The molecule has 1 heterocycles.